The van der Waals surface area contributed by atoms with Gasteiger partial charge in [-0.3, -0.25) is 0 Å². The molecule has 1 unspecified atom stereocenters. The van der Waals surface area contributed by atoms with Gasteiger partial charge in [0, 0.05) is 23.6 Å². The van der Waals surface area contributed by atoms with Gasteiger partial charge in [-0.25, -0.2) is 13.2 Å². The summed E-state index contributed by atoms with van der Waals surface area (Å²) in [5, 5.41) is 9.48. The lowest BCUT2D eigenvalue weighted by molar-refractivity contribution is 0.158. The molecule has 2 nitrogen and oxygen atoms in total. The molecule has 17 heavy (non-hydrogen) atoms. The quantitative estimate of drug-likeness (QED) is 0.683. The molecule has 1 aromatic carbocycles. The largest absolute Gasteiger partial charge is 0.393 e. The highest BCUT2D eigenvalue weighted by Crippen LogP contribution is 2.33. The first kappa shape index (κ1) is 10.7. The van der Waals surface area contributed by atoms with Gasteiger partial charge in [-0.1, -0.05) is 0 Å². The first-order valence-electron chi connectivity index (χ1n) is 5.43. The minimum absolute atomic E-state index is 0.0111. The zero-order valence-electron chi connectivity index (χ0n) is 8.86. The number of hydrogen-bond donors (Lipinski definition) is 2. The average Bonchev–Trinajstić information content (AvgIpc) is 2.65. The fourth-order valence-corrected chi connectivity index (χ4v) is 2.47. The van der Waals surface area contributed by atoms with Crippen LogP contribution in [0.2, 0.25) is 0 Å². The molecule has 0 amide bonds. The Morgan fingerprint density at radius 1 is 1.24 bits per heavy atom. The third kappa shape index (κ3) is 1.45. The molecule has 0 saturated carbocycles. The van der Waals surface area contributed by atoms with Gasteiger partial charge in [0.25, 0.3) is 0 Å². The highest BCUT2D eigenvalue weighted by atomic mass is 19.2. The number of H-pyrrole nitrogens is 1. The molecule has 1 aromatic heterocycles. The van der Waals surface area contributed by atoms with Crippen LogP contribution in [0.5, 0.6) is 0 Å². The first-order chi connectivity index (χ1) is 8.08. The van der Waals surface area contributed by atoms with E-state index in [1.807, 2.05) is 0 Å². The van der Waals surface area contributed by atoms with E-state index in [0.29, 0.717) is 30.2 Å². The first-order valence-corrected chi connectivity index (χ1v) is 5.43. The molecule has 0 bridgehead atoms. The van der Waals surface area contributed by atoms with Gasteiger partial charge in [0.05, 0.1) is 11.6 Å². The highest BCUT2D eigenvalue weighted by molar-refractivity contribution is 5.86. The number of aromatic nitrogens is 1. The summed E-state index contributed by atoms with van der Waals surface area (Å²) >= 11 is 0. The lowest BCUT2D eigenvalue weighted by atomic mass is 9.93. The van der Waals surface area contributed by atoms with Gasteiger partial charge in [0.1, 0.15) is 5.82 Å². The summed E-state index contributed by atoms with van der Waals surface area (Å²) in [5.41, 5.74) is 1.17. The number of halogens is 3. The van der Waals surface area contributed by atoms with Crippen LogP contribution in [0.1, 0.15) is 17.7 Å². The summed E-state index contributed by atoms with van der Waals surface area (Å²) < 4.78 is 40.4. The number of aliphatic hydroxyl groups is 1. The van der Waals surface area contributed by atoms with E-state index in [9.17, 15) is 18.3 Å². The predicted molar refractivity (Wildman–Crippen MR) is 56.2 cm³/mol. The molecule has 0 radical (unpaired) electrons. The van der Waals surface area contributed by atoms with Crippen molar-refractivity contribution in [3.05, 3.63) is 34.8 Å². The molecule has 2 aromatic rings. The SMILES string of the molecule is OC1CCc2[nH]c3c(F)cc(F)c(F)c3c2C1. The number of rotatable bonds is 0. The van der Waals surface area contributed by atoms with Crippen molar-refractivity contribution in [2.24, 2.45) is 0 Å². The zero-order chi connectivity index (χ0) is 12.2. The van der Waals surface area contributed by atoms with E-state index in [0.717, 1.165) is 0 Å². The second-order valence-corrected chi connectivity index (χ2v) is 4.38. The van der Waals surface area contributed by atoms with Crippen molar-refractivity contribution in [1.82, 2.24) is 4.98 Å². The fraction of sp³-hybridized carbons (Fsp3) is 0.333. The molecule has 1 aliphatic carbocycles. The molecule has 0 spiro atoms. The molecule has 0 fully saturated rings. The third-order valence-electron chi connectivity index (χ3n) is 3.28. The Labute approximate surface area is 95.1 Å². The van der Waals surface area contributed by atoms with Crippen molar-refractivity contribution >= 4 is 10.9 Å². The van der Waals surface area contributed by atoms with Crippen LogP contribution in [-0.2, 0) is 12.8 Å². The van der Waals surface area contributed by atoms with Gasteiger partial charge in [-0.2, -0.15) is 0 Å². The predicted octanol–water partition coefficient (Wildman–Crippen LogP) is 2.43. The van der Waals surface area contributed by atoms with Crippen LogP contribution >= 0.6 is 0 Å². The Kier molecular flexibility index (Phi) is 2.19. The number of hydrogen-bond acceptors (Lipinski definition) is 1. The Hall–Kier alpha value is -1.49. The molecule has 1 aliphatic rings. The number of fused-ring (bicyclic) bond motifs is 3. The second kappa shape index (κ2) is 3.50. The molecule has 1 heterocycles. The van der Waals surface area contributed by atoms with Gasteiger partial charge in [0.15, 0.2) is 11.6 Å². The number of benzene rings is 1. The van der Waals surface area contributed by atoms with E-state index >= 15 is 0 Å². The maximum atomic E-state index is 13.7. The van der Waals surface area contributed by atoms with Crippen LogP contribution in [0.4, 0.5) is 13.2 Å². The van der Waals surface area contributed by atoms with E-state index in [2.05, 4.69) is 4.98 Å². The lowest BCUT2D eigenvalue weighted by Gasteiger charge is -2.17. The maximum absolute atomic E-state index is 13.7. The van der Waals surface area contributed by atoms with E-state index in [4.69, 9.17) is 0 Å². The fourth-order valence-electron chi connectivity index (χ4n) is 2.47. The van der Waals surface area contributed by atoms with E-state index < -0.39 is 23.6 Å². The third-order valence-corrected chi connectivity index (χ3v) is 3.28. The highest BCUT2D eigenvalue weighted by Gasteiger charge is 2.25. The average molecular weight is 241 g/mol. The second-order valence-electron chi connectivity index (χ2n) is 4.38. The van der Waals surface area contributed by atoms with E-state index in [1.54, 1.807) is 0 Å². The monoisotopic (exact) mass is 241 g/mol. The topological polar surface area (TPSA) is 36.0 Å². The minimum atomic E-state index is -1.20. The number of aryl methyl sites for hydroxylation is 1. The maximum Gasteiger partial charge on any atom is 0.168 e. The van der Waals surface area contributed by atoms with Crippen LogP contribution in [0.3, 0.4) is 0 Å². The summed E-state index contributed by atoms with van der Waals surface area (Å²) in [4.78, 5) is 2.78. The molecular weight excluding hydrogens is 231 g/mol. The summed E-state index contributed by atoms with van der Waals surface area (Å²) in [7, 11) is 0. The minimum Gasteiger partial charge on any atom is -0.393 e. The molecule has 2 N–H and O–H groups in total. The molecule has 90 valence electrons. The molecule has 3 rings (SSSR count). The Morgan fingerprint density at radius 2 is 2.00 bits per heavy atom. The number of nitrogens with one attached hydrogen (secondary N) is 1. The van der Waals surface area contributed by atoms with Crippen LogP contribution in [0.15, 0.2) is 6.07 Å². The Morgan fingerprint density at radius 3 is 2.76 bits per heavy atom. The molecule has 1 atom stereocenters. The molecule has 5 heteroatoms. The van der Waals surface area contributed by atoms with Gasteiger partial charge >= 0.3 is 0 Å². The van der Waals surface area contributed by atoms with Crippen molar-refractivity contribution in [2.75, 3.05) is 0 Å². The van der Waals surface area contributed by atoms with Gasteiger partial charge < -0.3 is 10.1 Å². The lowest BCUT2D eigenvalue weighted by Crippen LogP contribution is -2.18. The smallest absolute Gasteiger partial charge is 0.168 e. The normalized spacial score (nSPS) is 19.6. The summed E-state index contributed by atoms with van der Waals surface area (Å²) in [5.74, 6) is -3.05. The summed E-state index contributed by atoms with van der Waals surface area (Å²) in [6.45, 7) is 0. The van der Waals surface area contributed by atoms with Crippen LogP contribution in [0, 0.1) is 17.5 Å². The van der Waals surface area contributed by atoms with Crippen molar-refractivity contribution in [3.8, 4) is 0 Å². The molecule has 0 aliphatic heterocycles. The van der Waals surface area contributed by atoms with Crippen molar-refractivity contribution in [1.29, 1.82) is 0 Å². The van der Waals surface area contributed by atoms with Crippen molar-refractivity contribution < 1.29 is 18.3 Å². The van der Waals surface area contributed by atoms with Crippen molar-refractivity contribution in [2.45, 2.75) is 25.4 Å². The van der Waals surface area contributed by atoms with E-state index in [-0.39, 0.29) is 17.3 Å². The molecule has 0 saturated heterocycles. The van der Waals surface area contributed by atoms with Crippen LogP contribution in [-0.4, -0.2) is 16.2 Å². The molecular formula is C12H10F3NO. The van der Waals surface area contributed by atoms with Gasteiger partial charge in [0.2, 0.25) is 0 Å². The van der Waals surface area contributed by atoms with E-state index in [1.165, 1.54) is 0 Å². The van der Waals surface area contributed by atoms with Gasteiger partial charge in [-0.15, -0.1) is 0 Å². The van der Waals surface area contributed by atoms with Crippen LogP contribution < -0.4 is 0 Å². The van der Waals surface area contributed by atoms with Crippen LogP contribution in [0.25, 0.3) is 10.9 Å². The van der Waals surface area contributed by atoms with Crippen molar-refractivity contribution in [3.63, 3.8) is 0 Å². The summed E-state index contributed by atoms with van der Waals surface area (Å²) in [6, 6.07) is 0.538. The summed E-state index contributed by atoms with van der Waals surface area (Å²) in [6.07, 6.45) is 0.721. The zero-order valence-corrected chi connectivity index (χ0v) is 8.86. The Balaban J connectivity index is 2.37. The number of aromatic amines is 1. The standard InChI is InChI=1S/C12H10F3NO/c13-7-4-8(14)12-10(11(7)15)6-3-5(17)1-2-9(6)16-12/h4-5,16-17H,1-3H2. The Bertz CT molecular complexity index is 606. The van der Waals surface area contributed by atoms with Gasteiger partial charge in [-0.05, 0) is 18.4 Å². The number of aliphatic hydroxyl groups excluding tert-OH is 1.